The molecule has 0 unspecified atom stereocenters. The van der Waals surface area contributed by atoms with Gasteiger partial charge in [-0.1, -0.05) is 0 Å². The van der Waals surface area contributed by atoms with E-state index in [1.807, 2.05) is 0 Å². The average molecular weight is 297 g/mol. The van der Waals surface area contributed by atoms with Crippen molar-refractivity contribution in [3.63, 3.8) is 0 Å². The molecule has 0 radical (unpaired) electrons. The van der Waals surface area contributed by atoms with E-state index in [0.717, 1.165) is 18.6 Å². The molecule has 0 saturated heterocycles. The topological polar surface area (TPSA) is 91.3 Å². The van der Waals surface area contributed by atoms with Gasteiger partial charge in [0.25, 0.3) is 0 Å². The van der Waals surface area contributed by atoms with Crippen LogP contribution >= 0.6 is 11.8 Å². The first-order valence-corrected chi connectivity index (χ1v) is 7.71. The van der Waals surface area contributed by atoms with Gasteiger partial charge in [-0.05, 0) is 37.0 Å². The van der Waals surface area contributed by atoms with E-state index >= 15 is 0 Å². The van der Waals surface area contributed by atoms with Crippen LogP contribution in [0.25, 0.3) is 0 Å². The number of unbranched alkanes of at least 4 members (excludes halogenated alkanes) is 1. The third-order valence-corrected chi connectivity index (χ3v) is 3.17. The highest BCUT2D eigenvalue weighted by Gasteiger charge is 2.04. The lowest BCUT2D eigenvalue weighted by Crippen LogP contribution is -2.29. The molecule has 0 saturated carbocycles. The van der Waals surface area contributed by atoms with E-state index in [-0.39, 0.29) is 12.5 Å². The van der Waals surface area contributed by atoms with Crippen molar-refractivity contribution in [3.8, 4) is 0 Å². The number of hydrogen-bond donors (Lipinski definition) is 3. The zero-order valence-corrected chi connectivity index (χ0v) is 12.2. The van der Waals surface area contributed by atoms with Crippen LogP contribution in [0.3, 0.4) is 0 Å². The standard InChI is InChI=1S/C13H19N3O3S/c1-20-7-3-2-6-14-13(19)16-11-5-4-10(15-9-11)8-12(17)18/h4-5,9H,2-3,6-8H2,1H3,(H,17,18)(H2,14,16,19). The first-order chi connectivity index (χ1) is 9.61. The summed E-state index contributed by atoms with van der Waals surface area (Å²) < 4.78 is 0. The van der Waals surface area contributed by atoms with Crippen LogP contribution in [0.1, 0.15) is 18.5 Å². The van der Waals surface area contributed by atoms with Gasteiger partial charge in [0.15, 0.2) is 0 Å². The first kappa shape index (κ1) is 16.3. The molecule has 0 aliphatic rings. The Labute approximate surface area is 122 Å². The molecular formula is C13H19N3O3S. The van der Waals surface area contributed by atoms with Gasteiger partial charge in [-0.15, -0.1) is 0 Å². The lowest BCUT2D eigenvalue weighted by Gasteiger charge is -2.07. The number of aromatic nitrogens is 1. The maximum absolute atomic E-state index is 11.6. The third kappa shape index (κ3) is 6.98. The lowest BCUT2D eigenvalue weighted by atomic mass is 10.2. The normalized spacial score (nSPS) is 10.1. The molecule has 0 atom stereocenters. The molecule has 1 rings (SSSR count). The minimum Gasteiger partial charge on any atom is -0.481 e. The van der Waals surface area contributed by atoms with Gasteiger partial charge in [-0.3, -0.25) is 9.78 Å². The van der Waals surface area contributed by atoms with Crippen LogP contribution in [-0.4, -0.2) is 40.6 Å². The van der Waals surface area contributed by atoms with Gasteiger partial charge in [0.1, 0.15) is 0 Å². The smallest absolute Gasteiger partial charge is 0.319 e. The quantitative estimate of drug-likeness (QED) is 0.638. The molecule has 2 amide bonds. The molecule has 0 aromatic carbocycles. The fourth-order valence-corrected chi connectivity index (χ4v) is 2.00. The molecule has 6 nitrogen and oxygen atoms in total. The van der Waals surface area contributed by atoms with Crippen LogP contribution in [0, 0.1) is 0 Å². The number of carboxylic acid groups (broad SMARTS) is 1. The van der Waals surface area contributed by atoms with E-state index in [2.05, 4.69) is 21.9 Å². The van der Waals surface area contributed by atoms with Crippen molar-refractivity contribution in [2.45, 2.75) is 19.3 Å². The zero-order valence-electron chi connectivity index (χ0n) is 11.4. The van der Waals surface area contributed by atoms with E-state index in [1.165, 1.54) is 6.20 Å². The summed E-state index contributed by atoms with van der Waals surface area (Å²) in [5, 5.41) is 14.0. The number of pyridine rings is 1. The van der Waals surface area contributed by atoms with Gasteiger partial charge in [-0.2, -0.15) is 11.8 Å². The summed E-state index contributed by atoms with van der Waals surface area (Å²) in [6.45, 7) is 0.636. The highest BCUT2D eigenvalue weighted by atomic mass is 32.2. The Balaban J connectivity index is 2.29. The molecule has 110 valence electrons. The van der Waals surface area contributed by atoms with Gasteiger partial charge < -0.3 is 15.7 Å². The number of anilines is 1. The maximum Gasteiger partial charge on any atom is 0.319 e. The number of nitrogens with zero attached hydrogens (tertiary/aromatic N) is 1. The third-order valence-electron chi connectivity index (χ3n) is 2.48. The molecule has 0 aliphatic heterocycles. The van der Waals surface area contributed by atoms with Crippen molar-refractivity contribution >= 4 is 29.4 Å². The lowest BCUT2D eigenvalue weighted by molar-refractivity contribution is -0.136. The SMILES string of the molecule is CSCCCCNC(=O)Nc1ccc(CC(=O)O)nc1. The van der Waals surface area contributed by atoms with Gasteiger partial charge in [-0.25, -0.2) is 4.79 Å². The second-order valence-corrected chi connectivity index (χ2v) is 5.18. The van der Waals surface area contributed by atoms with E-state index in [9.17, 15) is 9.59 Å². The van der Waals surface area contributed by atoms with Crippen molar-refractivity contribution in [1.82, 2.24) is 10.3 Å². The Morgan fingerprint density at radius 2 is 2.15 bits per heavy atom. The van der Waals surface area contributed by atoms with Crippen molar-refractivity contribution in [2.75, 3.05) is 23.9 Å². The predicted molar refractivity (Wildman–Crippen MR) is 80.2 cm³/mol. The minimum absolute atomic E-state index is 0.123. The Kier molecular flexibility index (Phi) is 7.49. The van der Waals surface area contributed by atoms with Gasteiger partial charge in [0, 0.05) is 6.54 Å². The number of nitrogens with one attached hydrogen (secondary N) is 2. The summed E-state index contributed by atoms with van der Waals surface area (Å²) in [5.41, 5.74) is 1.00. The summed E-state index contributed by atoms with van der Waals surface area (Å²) in [5.74, 6) is 0.166. The van der Waals surface area contributed by atoms with E-state index in [4.69, 9.17) is 5.11 Å². The van der Waals surface area contributed by atoms with Crippen LogP contribution in [0.5, 0.6) is 0 Å². The fraction of sp³-hybridized carbons (Fsp3) is 0.462. The second kappa shape index (κ2) is 9.19. The zero-order chi connectivity index (χ0) is 14.8. The minimum atomic E-state index is -0.929. The number of carboxylic acids is 1. The van der Waals surface area contributed by atoms with Crippen LogP contribution in [0.2, 0.25) is 0 Å². The monoisotopic (exact) mass is 297 g/mol. The number of amides is 2. The largest absolute Gasteiger partial charge is 0.481 e. The Hall–Kier alpha value is -1.76. The highest BCUT2D eigenvalue weighted by Crippen LogP contribution is 2.06. The van der Waals surface area contributed by atoms with E-state index in [0.29, 0.717) is 17.9 Å². The average Bonchev–Trinajstić information content (AvgIpc) is 2.40. The first-order valence-electron chi connectivity index (χ1n) is 6.32. The summed E-state index contributed by atoms with van der Waals surface area (Å²) in [6, 6.07) is 2.95. The van der Waals surface area contributed by atoms with Crippen molar-refractivity contribution in [1.29, 1.82) is 0 Å². The molecule has 20 heavy (non-hydrogen) atoms. The van der Waals surface area contributed by atoms with Gasteiger partial charge in [0.05, 0.1) is 24.0 Å². The Bertz CT molecular complexity index is 437. The predicted octanol–water partition coefficient (Wildman–Crippen LogP) is 1.97. The molecule has 3 N–H and O–H groups in total. The highest BCUT2D eigenvalue weighted by molar-refractivity contribution is 7.98. The molecule has 0 fully saturated rings. The summed E-state index contributed by atoms with van der Waals surface area (Å²) in [6.07, 6.45) is 5.41. The van der Waals surface area contributed by atoms with E-state index < -0.39 is 5.97 Å². The number of urea groups is 1. The van der Waals surface area contributed by atoms with Crippen LogP contribution in [-0.2, 0) is 11.2 Å². The number of thioether (sulfide) groups is 1. The van der Waals surface area contributed by atoms with Crippen molar-refractivity contribution in [2.24, 2.45) is 0 Å². The second-order valence-electron chi connectivity index (χ2n) is 4.19. The molecule has 0 bridgehead atoms. The Morgan fingerprint density at radius 3 is 2.75 bits per heavy atom. The van der Waals surface area contributed by atoms with Crippen molar-refractivity contribution < 1.29 is 14.7 Å². The summed E-state index contributed by atoms with van der Waals surface area (Å²) >= 11 is 1.79. The molecular weight excluding hydrogens is 278 g/mol. The molecule has 0 spiro atoms. The maximum atomic E-state index is 11.6. The van der Waals surface area contributed by atoms with Crippen LogP contribution in [0.4, 0.5) is 10.5 Å². The number of carbonyl (C=O) groups excluding carboxylic acids is 1. The van der Waals surface area contributed by atoms with E-state index in [1.54, 1.807) is 23.9 Å². The number of carbonyl (C=O) groups is 2. The van der Waals surface area contributed by atoms with Crippen LogP contribution in [0.15, 0.2) is 18.3 Å². The number of rotatable bonds is 8. The number of hydrogen-bond acceptors (Lipinski definition) is 4. The molecule has 1 heterocycles. The fourth-order valence-electron chi connectivity index (χ4n) is 1.51. The molecule has 1 aromatic heterocycles. The van der Waals surface area contributed by atoms with Gasteiger partial charge in [0.2, 0.25) is 0 Å². The molecule has 0 aliphatic carbocycles. The Morgan fingerprint density at radius 1 is 1.35 bits per heavy atom. The van der Waals surface area contributed by atoms with Crippen LogP contribution < -0.4 is 10.6 Å². The van der Waals surface area contributed by atoms with Crippen molar-refractivity contribution in [3.05, 3.63) is 24.0 Å². The summed E-state index contributed by atoms with van der Waals surface area (Å²) in [4.78, 5) is 26.0. The number of aliphatic carboxylic acids is 1. The molecule has 1 aromatic rings. The molecule has 7 heteroatoms. The van der Waals surface area contributed by atoms with Gasteiger partial charge >= 0.3 is 12.0 Å². The summed E-state index contributed by atoms with van der Waals surface area (Å²) in [7, 11) is 0.